The summed E-state index contributed by atoms with van der Waals surface area (Å²) in [6.45, 7) is 4.83. The van der Waals surface area contributed by atoms with Gasteiger partial charge in [-0.3, -0.25) is 4.79 Å². The fourth-order valence-electron chi connectivity index (χ4n) is 2.40. The van der Waals surface area contributed by atoms with Gasteiger partial charge < -0.3 is 5.32 Å². The molecule has 0 radical (unpaired) electrons. The zero-order valence-corrected chi connectivity index (χ0v) is 11.9. The molecule has 18 heavy (non-hydrogen) atoms. The van der Waals surface area contributed by atoms with Crippen molar-refractivity contribution in [2.24, 2.45) is 0 Å². The number of nitrogens with one attached hydrogen (secondary N) is 2. The Morgan fingerprint density at radius 2 is 2.22 bits per heavy atom. The normalized spacial score (nSPS) is 19.3. The third-order valence-electron chi connectivity index (χ3n) is 3.46. The quantitative estimate of drug-likeness (QED) is 0.848. The van der Waals surface area contributed by atoms with Crippen LogP contribution in [0.1, 0.15) is 37.1 Å². The molecule has 1 aliphatic heterocycles. The first-order chi connectivity index (χ1) is 8.76. The van der Waals surface area contributed by atoms with E-state index in [9.17, 15) is 4.79 Å². The summed E-state index contributed by atoms with van der Waals surface area (Å²) in [5, 5.41) is 10.3. The average Bonchev–Trinajstić information content (AvgIpc) is 2.90. The zero-order valence-electron chi connectivity index (χ0n) is 11.1. The molecule has 0 aromatic carbocycles. The van der Waals surface area contributed by atoms with Crippen molar-refractivity contribution < 1.29 is 0 Å². The first-order valence-electron chi connectivity index (χ1n) is 6.66. The van der Waals surface area contributed by atoms with Crippen LogP contribution in [-0.2, 0) is 19.4 Å². The van der Waals surface area contributed by atoms with Crippen molar-refractivity contribution in [1.29, 1.82) is 0 Å². The maximum Gasteiger partial charge on any atom is 0.268 e. The Morgan fingerprint density at radius 3 is 2.83 bits per heavy atom. The first kappa shape index (κ1) is 13.6. The van der Waals surface area contributed by atoms with Gasteiger partial charge in [-0.1, -0.05) is 13.8 Å². The Kier molecular flexibility index (Phi) is 4.83. The molecule has 0 saturated carbocycles. The molecule has 2 N–H and O–H groups in total. The van der Waals surface area contributed by atoms with Gasteiger partial charge in [0.15, 0.2) is 0 Å². The van der Waals surface area contributed by atoms with Gasteiger partial charge in [0.2, 0.25) is 0 Å². The number of aryl methyl sites for hydroxylation is 1. The van der Waals surface area contributed by atoms with Gasteiger partial charge in [-0.15, -0.1) is 0 Å². The van der Waals surface area contributed by atoms with Crippen molar-refractivity contribution in [3.8, 4) is 0 Å². The van der Waals surface area contributed by atoms with Gasteiger partial charge >= 0.3 is 0 Å². The smallest absolute Gasteiger partial charge is 0.268 e. The van der Waals surface area contributed by atoms with Gasteiger partial charge in [0.05, 0.1) is 5.69 Å². The van der Waals surface area contributed by atoms with Crippen LogP contribution in [0.2, 0.25) is 0 Å². The molecule has 0 bridgehead atoms. The van der Waals surface area contributed by atoms with Crippen molar-refractivity contribution in [3.63, 3.8) is 0 Å². The fourth-order valence-corrected chi connectivity index (χ4v) is 3.59. The summed E-state index contributed by atoms with van der Waals surface area (Å²) in [5.41, 5.74) is 2.98. The second kappa shape index (κ2) is 6.38. The number of H-pyrrole nitrogens is 1. The highest BCUT2D eigenvalue weighted by Crippen LogP contribution is 2.18. The van der Waals surface area contributed by atoms with E-state index in [4.69, 9.17) is 0 Å². The first-order valence-corrected chi connectivity index (χ1v) is 7.82. The van der Waals surface area contributed by atoms with E-state index in [0.29, 0.717) is 12.6 Å². The van der Waals surface area contributed by atoms with Crippen LogP contribution in [0.3, 0.4) is 0 Å². The van der Waals surface area contributed by atoms with E-state index in [-0.39, 0.29) is 5.56 Å². The molecule has 1 fully saturated rings. The molecular formula is C13H21N3OS. The third-order valence-corrected chi connectivity index (χ3v) is 4.63. The van der Waals surface area contributed by atoms with Crippen molar-refractivity contribution in [2.45, 2.75) is 45.7 Å². The predicted molar refractivity (Wildman–Crippen MR) is 76.2 cm³/mol. The number of hydrogen-bond donors (Lipinski definition) is 2. The Hall–Kier alpha value is -0.810. The number of aromatic amines is 1. The van der Waals surface area contributed by atoms with Gasteiger partial charge in [0.25, 0.3) is 5.56 Å². The van der Waals surface area contributed by atoms with Gasteiger partial charge in [0, 0.05) is 23.9 Å². The highest BCUT2D eigenvalue weighted by molar-refractivity contribution is 7.99. The molecule has 0 unspecified atom stereocenters. The lowest BCUT2D eigenvalue weighted by molar-refractivity contribution is 0.551. The molecule has 4 nitrogen and oxygen atoms in total. The molecular weight excluding hydrogens is 246 g/mol. The van der Waals surface area contributed by atoms with Crippen LogP contribution in [-0.4, -0.2) is 27.7 Å². The summed E-state index contributed by atoms with van der Waals surface area (Å²) in [7, 11) is 0. The number of aromatic nitrogens is 2. The van der Waals surface area contributed by atoms with Crippen molar-refractivity contribution in [1.82, 2.24) is 15.5 Å². The zero-order chi connectivity index (χ0) is 13.0. The molecule has 2 rings (SSSR count). The van der Waals surface area contributed by atoms with E-state index >= 15 is 0 Å². The summed E-state index contributed by atoms with van der Waals surface area (Å²) < 4.78 is 0. The van der Waals surface area contributed by atoms with Gasteiger partial charge in [-0.05, 0) is 30.6 Å². The van der Waals surface area contributed by atoms with Crippen LogP contribution in [0.4, 0.5) is 0 Å². The number of thioether (sulfide) groups is 1. The molecule has 1 aromatic heterocycles. The minimum absolute atomic E-state index is 0.0396. The summed E-state index contributed by atoms with van der Waals surface area (Å²) in [6, 6.07) is 0.553. The fraction of sp³-hybridized carbons (Fsp3) is 0.692. The Bertz CT molecular complexity index is 452. The summed E-state index contributed by atoms with van der Waals surface area (Å²) in [4.78, 5) is 11.9. The molecule has 0 aliphatic carbocycles. The predicted octanol–water partition coefficient (Wildman–Crippen LogP) is 1.49. The molecule has 2 heterocycles. The lowest BCUT2D eigenvalue weighted by Gasteiger charge is -2.14. The monoisotopic (exact) mass is 267 g/mol. The molecule has 1 saturated heterocycles. The second-order valence-electron chi connectivity index (χ2n) is 4.61. The SMILES string of the molecule is CCc1n[nH]c(=O)c(CN[C@H]2CCSC2)c1CC. The van der Waals surface area contributed by atoms with Crippen LogP contribution in [0.25, 0.3) is 0 Å². The van der Waals surface area contributed by atoms with Gasteiger partial charge in [0.1, 0.15) is 0 Å². The maximum absolute atomic E-state index is 11.9. The second-order valence-corrected chi connectivity index (χ2v) is 5.75. The minimum atomic E-state index is -0.0396. The highest BCUT2D eigenvalue weighted by atomic mass is 32.2. The van der Waals surface area contributed by atoms with E-state index < -0.39 is 0 Å². The molecule has 0 amide bonds. The van der Waals surface area contributed by atoms with E-state index in [1.165, 1.54) is 12.2 Å². The summed E-state index contributed by atoms with van der Waals surface area (Å²) in [5.74, 6) is 2.39. The van der Waals surface area contributed by atoms with Crippen LogP contribution >= 0.6 is 11.8 Å². The summed E-state index contributed by atoms with van der Waals surface area (Å²) in [6.07, 6.45) is 2.94. The number of rotatable bonds is 5. The third kappa shape index (κ3) is 2.95. The Labute approximate surface area is 112 Å². The number of hydrogen-bond acceptors (Lipinski definition) is 4. The average molecular weight is 267 g/mol. The van der Waals surface area contributed by atoms with Gasteiger partial charge in [-0.25, -0.2) is 5.10 Å². The van der Waals surface area contributed by atoms with E-state index in [1.807, 2.05) is 11.8 Å². The van der Waals surface area contributed by atoms with Gasteiger partial charge in [-0.2, -0.15) is 16.9 Å². The lowest BCUT2D eigenvalue weighted by Crippen LogP contribution is -2.32. The van der Waals surface area contributed by atoms with Crippen LogP contribution in [0.15, 0.2) is 4.79 Å². The van der Waals surface area contributed by atoms with Crippen LogP contribution in [0.5, 0.6) is 0 Å². The van der Waals surface area contributed by atoms with Crippen molar-refractivity contribution >= 4 is 11.8 Å². The molecule has 1 aliphatic rings. The van der Waals surface area contributed by atoms with Crippen LogP contribution in [0, 0.1) is 0 Å². The molecule has 100 valence electrons. The number of nitrogens with zero attached hydrogens (tertiary/aromatic N) is 1. The molecule has 5 heteroatoms. The van der Waals surface area contributed by atoms with Crippen molar-refractivity contribution in [2.75, 3.05) is 11.5 Å². The standard InChI is InChI=1S/C13H21N3OS/c1-3-10-11(7-14-9-5-6-18-8-9)13(17)16-15-12(10)4-2/h9,14H,3-8H2,1-2H3,(H,16,17)/t9-/m0/s1. The minimum Gasteiger partial charge on any atom is -0.309 e. The van der Waals surface area contributed by atoms with E-state index in [2.05, 4.69) is 29.4 Å². The van der Waals surface area contributed by atoms with E-state index in [1.54, 1.807) is 0 Å². The summed E-state index contributed by atoms with van der Waals surface area (Å²) >= 11 is 1.98. The molecule has 1 aromatic rings. The molecule has 1 atom stereocenters. The lowest BCUT2D eigenvalue weighted by atomic mass is 10.0. The highest BCUT2D eigenvalue weighted by Gasteiger charge is 2.17. The molecule has 0 spiro atoms. The Balaban J connectivity index is 2.16. The largest absolute Gasteiger partial charge is 0.309 e. The topological polar surface area (TPSA) is 57.8 Å². The van der Waals surface area contributed by atoms with Crippen LogP contribution < -0.4 is 10.9 Å². The Morgan fingerprint density at radius 1 is 1.39 bits per heavy atom. The maximum atomic E-state index is 11.9. The van der Waals surface area contributed by atoms with E-state index in [0.717, 1.165) is 35.4 Å². The van der Waals surface area contributed by atoms with Crippen molar-refractivity contribution in [3.05, 3.63) is 27.2 Å².